The Labute approximate surface area is 203 Å². The van der Waals surface area contributed by atoms with Gasteiger partial charge in [0.15, 0.2) is 0 Å². The van der Waals surface area contributed by atoms with Crippen molar-refractivity contribution in [2.75, 3.05) is 22.5 Å². The summed E-state index contributed by atoms with van der Waals surface area (Å²) < 4.78 is 0. The number of nitrogens with two attached hydrogens (primary N) is 1. The Morgan fingerprint density at radius 2 is 1.41 bits per heavy atom. The molecule has 1 aromatic heterocycles. The van der Waals surface area contributed by atoms with Crippen LogP contribution in [0.5, 0.6) is 0 Å². The Hall–Kier alpha value is -3.43. The molecule has 2 heterocycles. The van der Waals surface area contributed by atoms with Gasteiger partial charge in [-0.05, 0) is 48.1 Å². The fourth-order valence-corrected chi connectivity index (χ4v) is 3.72. The number of nitrogens with one attached hydrogen (secondary N) is 4. The summed E-state index contributed by atoms with van der Waals surface area (Å²) in [5.41, 5.74) is 8.87. The maximum atomic E-state index is 12.4. The number of anilines is 3. The molecule has 0 radical (unpaired) electrons. The molecule has 0 bridgehead atoms. The first-order valence-corrected chi connectivity index (χ1v) is 11.8. The van der Waals surface area contributed by atoms with E-state index in [2.05, 4.69) is 36.2 Å². The van der Waals surface area contributed by atoms with Crippen molar-refractivity contribution in [1.82, 2.24) is 20.3 Å². The number of nitrogens with zero attached hydrogens (tertiary/aromatic N) is 3. The van der Waals surface area contributed by atoms with Crippen LogP contribution in [0.15, 0.2) is 48.5 Å². The van der Waals surface area contributed by atoms with Crippen LogP contribution in [-0.2, 0) is 24.4 Å². The van der Waals surface area contributed by atoms with Gasteiger partial charge < -0.3 is 27.0 Å². The lowest BCUT2D eigenvalue weighted by molar-refractivity contribution is -0.121. The molecule has 6 N–H and O–H groups in total. The molecule has 0 saturated carbocycles. The molecule has 4 rings (SSSR count). The first-order chi connectivity index (χ1) is 16.6. The first kappa shape index (κ1) is 23.7. The molecule has 3 aromatic rings. The lowest BCUT2D eigenvalue weighted by Gasteiger charge is -2.16. The first-order valence-electron chi connectivity index (χ1n) is 11.4. The van der Waals surface area contributed by atoms with Gasteiger partial charge in [0, 0.05) is 31.2 Å². The molecule has 1 aliphatic heterocycles. The lowest BCUT2D eigenvalue weighted by Crippen LogP contribution is -2.38. The van der Waals surface area contributed by atoms with Gasteiger partial charge in [-0.15, -0.1) is 0 Å². The highest BCUT2D eigenvalue weighted by Crippen LogP contribution is 2.16. The zero-order chi connectivity index (χ0) is 23.8. The van der Waals surface area contributed by atoms with Gasteiger partial charge in [-0.2, -0.15) is 15.0 Å². The van der Waals surface area contributed by atoms with E-state index in [1.807, 2.05) is 48.5 Å². The van der Waals surface area contributed by atoms with Crippen LogP contribution in [0, 0.1) is 0 Å². The van der Waals surface area contributed by atoms with Gasteiger partial charge in [0.1, 0.15) is 6.04 Å². The fourth-order valence-electron chi connectivity index (χ4n) is 3.59. The van der Waals surface area contributed by atoms with Crippen molar-refractivity contribution in [1.29, 1.82) is 0 Å². The second kappa shape index (κ2) is 11.6. The topological polar surface area (TPSA) is 130 Å². The molecule has 0 spiro atoms. The van der Waals surface area contributed by atoms with E-state index in [0.717, 1.165) is 36.0 Å². The minimum Gasteiger partial charge on any atom is -0.354 e. The summed E-state index contributed by atoms with van der Waals surface area (Å²) in [5.74, 6) is 1.12. The van der Waals surface area contributed by atoms with Crippen molar-refractivity contribution in [3.8, 4) is 0 Å². The predicted octanol–water partition coefficient (Wildman–Crippen LogP) is 3.29. The molecule has 1 amide bonds. The number of halogens is 1. The maximum Gasteiger partial charge on any atom is 0.242 e. The van der Waals surface area contributed by atoms with Gasteiger partial charge in [0.05, 0.1) is 0 Å². The Morgan fingerprint density at radius 3 is 2.03 bits per heavy atom. The average Bonchev–Trinajstić information content (AvgIpc) is 3.06. The molecule has 1 atom stereocenters. The number of carbonyl (C=O) groups excluding carboxylic acids is 1. The monoisotopic (exact) mass is 480 g/mol. The van der Waals surface area contributed by atoms with E-state index in [9.17, 15) is 4.79 Å². The molecule has 1 saturated heterocycles. The molecule has 34 heavy (non-hydrogen) atoms. The standard InChI is InChI=1S/C24H29ClN8O/c25-19-10-8-18(9-11-19)15-29-23-31-22(28-14-17-6-4-16(13-26)5-7-17)32-24(33-23)30-20-3-1-2-12-27-21(20)34/h4-11,20H,1-3,12-15,26H2,(H,27,34)(H3,28,29,30,31,32,33). The smallest absolute Gasteiger partial charge is 0.242 e. The fraction of sp³-hybridized carbons (Fsp3) is 0.333. The van der Waals surface area contributed by atoms with Crippen LogP contribution in [0.1, 0.15) is 36.0 Å². The highest BCUT2D eigenvalue weighted by molar-refractivity contribution is 6.30. The Balaban J connectivity index is 1.50. The predicted molar refractivity (Wildman–Crippen MR) is 135 cm³/mol. The van der Waals surface area contributed by atoms with Crippen LogP contribution in [0.3, 0.4) is 0 Å². The minimum atomic E-state index is -0.384. The number of rotatable bonds is 9. The molecule has 1 aliphatic rings. The van der Waals surface area contributed by atoms with Crippen molar-refractivity contribution < 1.29 is 4.79 Å². The maximum absolute atomic E-state index is 12.4. The number of amides is 1. The zero-order valence-corrected chi connectivity index (χ0v) is 19.6. The summed E-state index contributed by atoms with van der Waals surface area (Å²) in [4.78, 5) is 25.9. The van der Waals surface area contributed by atoms with Gasteiger partial charge in [-0.3, -0.25) is 4.79 Å². The SMILES string of the molecule is NCc1ccc(CNc2nc(NCc3ccc(Cl)cc3)nc(NC3CCCCNC3=O)n2)cc1. The molecule has 10 heteroatoms. The van der Waals surface area contributed by atoms with Crippen LogP contribution >= 0.6 is 11.6 Å². The van der Waals surface area contributed by atoms with Gasteiger partial charge in [-0.25, -0.2) is 0 Å². The summed E-state index contributed by atoms with van der Waals surface area (Å²) >= 11 is 5.98. The quantitative estimate of drug-likeness (QED) is 0.315. The molecule has 178 valence electrons. The van der Waals surface area contributed by atoms with Crippen molar-refractivity contribution in [3.63, 3.8) is 0 Å². The Kier molecular flexibility index (Phi) is 8.11. The number of hydrogen-bond donors (Lipinski definition) is 5. The van der Waals surface area contributed by atoms with Crippen molar-refractivity contribution in [2.45, 2.75) is 44.9 Å². The largest absolute Gasteiger partial charge is 0.354 e. The normalized spacial score (nSPS) is 15.8. The van der Waals surface area contributed by atoms with E-state index in [1.165, 1.54) is 0 Å². The third kappa shape index (κ3) is 6.79. The Bertz CT molecular complexity index is 1090. The highest BCUT2D eigenvalue weighted by Gasteiger charge is 2.22. The van der Waals surface area contributed by atoms with Crippen molar-refractivity contribution >= 4 is 35.4 Å². The minimum absolute atomic E-state index is 0.0388. The summed E-state index contributed by atoms with van der Waals surface area (Å²) in [6, 6.07) is 15.2. The van der Waals surface area contributed by atoms with E-state index >= 15 is 0 Å². The van der Waals surface area contributed by atoms with Gasteiger partial charge in [0.25, 0.3) is 0 Å². The molecule has 0 aliphatic carbocycles. The molecular formula is C24H29ClN8O. The number of hydrogen-bond acceptors (Lipinski definition) is 8. The van der Waals surface area contributed by atoms with Crippen LogP contribution in [0.4, 0.5) is 17.8 Å². The van der Waals surface area contributed by atoms with Crippen molar-refractivity contribution in [3.05, 3.63) is 70.2 Å². The van der Waals surface area contributed by atoms with E-state index < -0.39 is 0 Å². The van der Waals surface area contributed by atoms with E-state index in [1.54, 1.807) is 0 Å². The van der Waals surface area contributed by atoms with Crippen LogP contribution in [0.25, 0.3) is 0 Å². The van der Waals surface area contributed by atoms with Crippen molar-refractivity contribution in [2.24, 2.45) is 5.73 Å². The number of carbonyl (C=O) groups is 1. The number of benzene rings is 2. The van der Waals surface area contributed by atoms with Crippen LogP contribution in [0.2, 0.25) is 5.02 Å². The number of aromatic nitrogens is 3. The summed E-state index contributed by atoms with van der Waals surface area (Å²) in [6.45, 7) is 2.25. The molecule has 9 nitrogen and oxygen atoms in total. The third-order valence-electron chi connectivity index (χ3n) is 5.55. The molecule has 2 aromatic carbocycles. The Morgan fingerprint density at radius 1 is 0.853 bits per heavy atom. The van der Waals surface area contributed by atoms with E-state index in [-0.39, 0.29) is 11.9 Å². The van der Waals surface area contributed by atoms with Gasteiger partial charge in [0.2, 0.25) is 23.8 Å². The zero-order valence-electron chi connectivity index (χ0n) is 18.9. The molecular weight excluding hydrogens is 452 g/mol. The average molecular weight is 481 g/mol. The summed E-state index contributed by atoms with van der Waals surface area (Å²) in [7, 11) is 0. The summed E-state index contributed by atoms with van der Waals surface area (Å²) in [6.07, 6.45) is 2.64. The van der Waals surface area contributed by atoms with Gasteiger partial charge in [-0.1, -0.05) is 48.0 Å². The van der Waals surface area contributed by atoms with E-state index in [4.69, 9.17) is 17.3 Å². The highest BCUT2D eigenvalue weighted by atomic mass is 35.5. The second-order valence-electron chi connectivity index (χ2n) is 8.14. The van der Waals surface area contributed by atoms with Gasteiger partial charge >= 0.3 is 0 Å². The van der Waals surface area contributed by atoms with Crippen LogP contribution in [-0.4, -0.2) is 33.4 Å². The van der Waals surface area contributed by atoms with E-state index in [0.29, 0.717) is 49.0 Å². The lowest BCUT2D eigenvalue weighted by atomic mass is 10.1. The summed E-state index contributed by atoms with van der Waals surface area (Å²) in [5, 5.41) is 13.3. The molecule has 1 fully saturated rings. The molecule has 1 unspecified atom stereocenters. The van der Waals surface area contributed by atoms with Crippen LogP contribution < -0.4 is 27.0 Å². The second-order valence-corrected chi connectivity index (χ2v) is 8.58. The third-order valence-corrected chi connectivity index (χ3v) is 5.80.